The molecule has 0 saturated heterocycles. The second-order valence-corrected chi connectivity index (χ2v) is 5.12. The van der Waals surface area contributed by atoms with Gasteiger partial charge < -0.3 is 0 Å². The molecule has 2 aromatic rings. The first-order valence-electron chi connectivity index (χ1n) is 6.36. The molecule has 0 unspecified atom stereocenters. The second kappa shape index (κ2) is 6.23. The fourth-order valence-corrected chi connectivity index (χ4v) is 2.31. The number of alkyl halides is 3. The SMILES string of the molecule is Cc1nn(C)c(F)c1/C=N/NC(=O)c1nn(C)c(C(F)(F)F)c1Cl. The smallest absolute Gasteiger partial charge is 0.265 e. The van der Waals surface area contributed by atoms with Gasteiger partial charge >= 0.3 is 6.18 Å². The van der Waals surface area contributed by atoms with Crippen molar-refractivity contribution < 1.29 is 22.4 Å². The van der Waals surface area contributed by atoms with E-state index in [0.717, 1.165) is 17.9 Å². The third kappa shape index (κ3) is 3.25. The standard InChI is InChI=1S/C12H11ClF4N6O/c1-5-6(10(14)23(3)20-5)4-18-19-11(24)8-7(13)9(12(15,16)17)22(2)21-8/h4H,1-3H3,(H,19,24)/b18-4+. The molecule has 12 heteroatoms. The van der Waals surface area contributed by atoms with Crippen LogP contribution in [-0.2, 0) is 20.3 Å². The zero-order valence-electron chi connectivity index (χ0n) is 12.6. The molecule has 0 fully saturated rings. The predicted molar refractivity (Wildman–Crippen MR) is 76.2 cm³/mol. The highest BCUT2D eigenvalue weighted by Crippen LogP contribution is 2.35. The van der Waals surface area contributed by atoms with E-state index in [1.165, 1.54) is 14.0 Å². The Balaban J connectivity index is 2.21. The third-order valence-corrected chi connectivity index (χ3v) is 3.39. The van der Waals surface area contributed by atoms with E-state index in [4.69, 9.17) is 11.6 Å². The van der Waals surface area contributed by atoms with Crippen LogP contribution in [0, 0.1) is 12.9 Å². The Bertz CT molecular complexity index is 823. The quantitative estimate of drug-likeness (QED) is 0.513. The molecule has 0 bridgehead atoms. The average molecular weight is 367 g/mol. The lowest BCUT2D eigenvalue weighted by Crippen LogP contribution is -2.19. The van der Waals surface area contributed by atoms with Crippen LogP contribution in [-0.4, -0.2) is 31.7 Å². The highest BCUT2D eigenvalue weighted by Gasteiger charge is 2.39. The lowest BCUT2D eigenvalue weighted by Gasteiger charge is -2.06. The van der Waals surface area contributed by atoms with Crippen molar-refractivity contribution in [3.8, 4) is 0 Å². The summed E-state index contributed by atoms with van der Waals surface area (Å²) in [6.45, 7) is 1.53. The summed E-state index contributed by atoms with van der Waals surface area (Å²) in [5.74, 6) is -1.75. The molecular formula is C12H11ClF4N6O. The van der Waals surface area contributed by atoms with Crippen molar-refractivity contribution in [2.24, 2.45) is 19.2 Å². The molecule has 0 saturated carbocycles. The minimum absolute atomic E-state index is 0.0286. The molecule has 0 aliphatic rings. The normalized spacial score (nSPS) is 12.2. The number of nitrogens with one attached hydrogen (secondary N) is 1. The summed E-state index contributed by atoms with van der Waals surface area (Å²) >= 11 is 5.57. The predicted octanol–water partition coefficient (Wildman–Crippen LogP) is 2.04. The van der Waals surface area contributed by atoms with E-state index in [2.05, 4.69) is 15.3 Å². The maximum atomic E-state index is 13.7. The van der Waals surface area contributed by atoms with Gasteiger partial charge in [-0.05, 0) is 6.92 Å². The maximum absolute atomic E-state index is 13.7. The Kier molecular flexibility index (Phi) is 4.65. The molecule has 2 heterocycles. The monoisotopic (exact) mass is 366 g/mol. The molecule has 0 radical (unpaired) electrons. The van der Waals surface area contributed by atoms with E-state index in [-0.39, 0.29) is 5.56 Å². The number of hydrogen-bond donors (Lipinski definition) is 1. The zero-order chi connectivity index (χ0) is 18.2. The van der Waals surface area contributed by atoms with Gasteiger partial charge in [-0.25, -0.2) is 10.1 Å². The van der Waals surface area contributed by atoms with E-state index in [1.807, 2.05) is 5.43 Å². The van der Waals surface area contributed by atoms with Gasteiger partial charge in [-0.3, -0.25) is 9.48 Å². The zero-order valence-corrected chi connectivity index (χ0v) is 13.4. The maximum Gasteiger partial charge on any atom is 0.434 e. The highest BCUT2D eigenvalue weighted by atomic mass is 35.5. The van der Waals surface area contributed by atoms with E-state index >= 15 is 0 Å². The van der Waals surface area contributed by atoms with Crippen LogP contribution >= 0.6 is 11.6 Å². The van der Waals surface area contributed by atoms with Gasteiger partial charge in [-0.15, -0.1) is 0 Å². The lowest BCUT2D eigenvalue weighted by atomic mass is 10.3. The van der Waals surface area contributed by atoms with Gasteiger partial charge in [0, 0.05) is 14.1 Å². The number of rotatable bonds is 3. The Morgan fingerprint density at radius 2 is 1.92 bits per heavy atom. The summed E-state index contributed by atoms with van der Waals surface area (Å²) in [5.41, 5.74) is 0.391. The number of hydrogen-bond acceptors (Lipinski definition) is 4. The molecule has 2 rings (SSSR count). The molecule has 0 spiro atoms. The molecule has 2 aromatic heterocycles. The van der Waals surface area contributed by atoms with Gasteiger partial charge in [0.05, 0.1) is 17.5 Å². The summed E-state index contributed by atoms with van der Waals surface area (Å²) in [6.07, 6.45) is -3.78. The summed E-state index contributed by atoms with van der Waals surface area (Å²) in [6, 6.07) is 0. The summed E-state index contributed by atoms with van der Waals surface area (Å²) in [4.78, 5) is 11.9. The van der Waals surface area contributed by atoms with Crippen molar-refractivity contribution in [3.05, 3.63) is 33.6 Å². The molecule has 1 amide bonds. The number of aryl methyl sites for hydroxylation is 3. The van der Waals surface area contributed by atoms with Gasteiger partial charge in [-0.2, -0.15) is 32.9 Å². The molecule has 1 N–H and O–H groups in total. The Morgan fingerprint density at radius 3 is 2.38 bits per heavy atom. The largest absolute Gasteiger partial charge is 0.434 e. The number of carbonyl (C=O) groups is 1. The Labute approximate surface area is 137 Å². The Morgan fingerprint density at radius 1 is 1.29 bits per heavy atom. The van der Waals surface area contributed by atoms with E-state index in [0.29, 0.717) is 10.4 Å². The molecule has 0 aliphatic carbocycles. The average Bonchev–Trinajstić information content (AvgIpc) is 2.88. The van der Waals surface area contributed by atoms with Crippen molar-refractivity contribution >= 4 is 23.7 Å². The van der Waals surface area contributed by atoms with Gasteiger partial charge in [0.15, 0.2) is 11.4 Å². The van der Waals surface area contributed by atoms with Crippen molar-refractivity contribution in [2.45, 2.75) is 13.1 Å². The molecule has 24 heavy (non-hydrogen) atoms. The van der Waals surface area contributed by atoms with E-state index in [1.54, 1.807) is 0 Å². The van der Waals surface area contributed by atoms with Crippen LogP contribution in [0.2, 0.25) is 5.02 Å². The van der Waals surface area contributed by atoms with Crippen LogP contribution < -0.4 is 5.43 Å². The van der Waals surface area contributed by atoms with E-state index in [9.17, 15) is 22.4 Å². The van der Waals surface area contributed by atoms with Gasteiger partial charge in [-0.1, -0.05) is 11.6 Å². The van der Waals surface area contributed by atoms with Crippen LogP contribution in [0.15, 0.2) is 5.10 Å². The topological polar surface area (TPSA) is 77.1 Å². The number of nitrogens with zero attached hydrogens (tertiary/aromatic N) is 5. The van der Waals surface area contributed by atoms with Crippen LogP contribution in [0.4, 0.5) is 17.6 Å². The van der Waals surface area contributed by atoms with Crippen molar-refractivity contribution in [1.82, 2.24) is 25.0 Å². The lowest BCUT2D eigenvalue weighted by molar-refractivity contribution is -0.143. The van der Waals surface area contributed by atoms with E-state index < -0.39 is 34.4 Å². The molecule has 7 nitrogen and oxygen atoms in total. The van der Waals surface area contributed by atoms with Crippen LogP contribution in [0.1, 0.15) is 27.4 Å². The molecule has 0 aromatic carbocycles. The summed E-state index contributed by atoms with van der Waals surface area (Å²) < 4.78 is 53.5. The molecule has 0 atom stereocenters. The highest BCUT2D eigenvalue weighted by molar-refractivity contribution is 6.34. The summed E-state index contributed by atoms with van der Waals surface area (Å²) in [7, 11) is 2.38. The van der Waals surface area contributed by atoms with Crippen molar-refractivity contribution in [1.29, 1.82) is 0 Å². The van der Waals surface area contributed by atoms with Crippen LogP contribution in [0.5, 0.6) is 0 Å². The molecular weight excluding hydrogens is 356 g/mol. The first-order valence-corrected chi connectivity index (χ1v) is 6.74. The molecule has 0 aliphatic heterocycles. The number of halogens is 5. The minimum Gasteiger partial charge on any atom is -0.265 e. The number of amides is 1. The third-order valence-electron chi connectivity index (χ3n) is 3.03. The van der Waals surface area contributed by atoms with Crippen molar-refractivity contribution in [2.75, 3.05) is 0 Å². The Hall–Kier alpha value is -2.43. The first kappa shape index (κ1) is 17.9. The number of carbonyl (C=O) groups excluding carboxylic acids is 1. The van der Waals surface area contributed by atoms with Gasteiger partial charge in [0.25, 0.3) is 5.91 Å². The molecule has 130 valence electrons. The number of hydrazone groups is 1. The van der Waals surface area contributed by atoms with Crippen LogP contribution in [0.3, 0.4) is 0 Å². The van der Waals surface area contributed by atoms with Gasteiger partial charge in [0.2, 0.25) is 5.95 Å². The fourth-order valence-electron chi connectivity index (χ4n) is 1.95. The number of aromatic nitrogens is 4. The first-order chi connectivity index (χ1) is 11.0. The van der Waals surface area contributed by atoms with Gasteiger partial charge in [0.1, 0.15) is 5.02 Å². The second-order valence-electron chi connectivity index (χ2n) is 4.75. The van der Waals surface area contributed by atoms with Crippen LogP contribution in [0.25, 0.3) is 0 Å². The minimum atomic E-state index is -4.77. The summed E-state index contributed by atoms with van der Waals surface area (Å²) in [5, 5.41) is 9.87. The fraction of sp³-hybridized carbons (Fsp3) is 0.333. The van der Waals surface area contributed by atoms with Crippen molar-refractivity contribution in [3.63, 3.8) is 0 Å².